The van der Waals surface area contributed by atoms with Crippen molar-refractivity contribution in [2.45, 2.75) is 13.8 Å². The van der Waals surface area contributed by atoms with E-state index < -0.39 is 4.92 Å². The molecule has 0 bridgehead atoms. The largest absolute Gasteiger partial charge is 0.452 e. The average Bonchev–Trinajstić information content (AvgIpc) is 2.75. The lowest BCUT2D eigenvalue weighted by molar-refractivity contribution is -0.384. The van der Waals surface area contributed by atoms with E-state index in [4.69, 9.17) is 4.74 Å². The first-order valence-electron chi connectivity index (χ1n) is 6.75. The molecule has 0 aromatic heterocycles. The summed E-state index contributed by atoms with van der Waals surface area (Å²) in [5.74, 6) is 0.638. The second-order valence-electron chi connectivity index (χ2n) is 5.24. The number of nitro benzene ring substituents is 1. The molecule has 0 spiro atoms. The molecule has 5 heteroatoms. The van der Waals surface area contributed by atoms with Crippen LogP contribution in [0.3, 0.4) is 0 Å². The Morgan fingerprint density at radius 1 is 1.14 bits per heavy atom. The Hall–Kier alpha value is -2.95. The molecule has 0 unspecified atom stereocenters. The maximum atomic E-state index is 12.4. The normalized spacial score (nSPS) is 14.8. The number of aryl methyl sites for hydroxylation is 2. The van der Waals surface area contributed by atoms with E-state index in [9.17, 15) is 14.9 Å². The average molecular weight is 295 g/mol. The van der Waals surface area contributed by atoms with Crippen LogP contribution in [0.4, 0.5) is 5.69 Å². The molecule has 2 aromatic carbocycles. The number of nitrogens with zero attached hydrogens (tertiary/aromatic N) is 1. The summed E-state index contributed by atoms with van der Waals surface area (Å²) in [6.07, 6.45) is 1.60. The number of non-ortho nitro benzene ring substituents is 1. The van der Waals surface area contributed by atoms with Gasteiger partial charge in [0, 0.05) is 12.1 Å². The molecule has 22 heavy (non-hydrogen) atoms. The number of ether oxygens (including phenoxy) is 1. The minimum atomic E-state index is -0.462. The number of fused-ring (bicyclic) bond motifs is 1. The number of Topliss-reactive ketones (excluding diaryl/α,β-unsaturated/α-hetero) is 1. The summed E-state index contributed by atoms with van der Waals surface area (Å²) in [5, 5.41) is 10.6. The molecule has 0 N–H and O–H groups in total. The van der Waals surface area contributed by atoms with E-state index >= 15 is 0 Å². The Morgan fingerprint density at radius 2 is 1.82 bits per heavy atom. The third-order valence-electron chi connectivity index (χ3n) is 3.52. The molecule has 3 rings (SSSR count). The lowest BCUT2D eigenvalue weighted by atomic mass is 10.0. The maximum absolute atomic E-state index is 12.4. The van der Waals surface area contributed by atoms with Gasteiger partial charge in [-0.15, -0.1) is 0 Å². The van der Waals surface area contributed by atoms with Gasteiger partial charge in [-0.3, -0.25) is 14.9 Å². The van der Waals surface area contributed by atoms with Gasteiger partial charge in [-0.25, -0.2) is 0 Å². The van der Waals surface area contributed by atoms with Crippen molar-refractivity contribution in [1.82, 2.24) is 0 Å². The Morgan fingerprint density at radius 3 is 2.45 bits per heavy atom. The second-order valence-corrected chi connectivity index (χ2v) is 5.24. The van der Waals surface area contributed by atoms with Crippen LogP contribution in [0.1, 0.15) is 27.0 Å². The number of hydrogen-bond donors (Lipinski definition) is 0. The molecule has 0 saturated carbocycles. The van der Waals surface area contributed by atoms with Crippen molar-refractivity contribution in [3.63, 3.8) is 0 Å². The van der Waals surface area contributed by atoms with Crippen LogP contribution in [-0.2, 0) is 0 Å². The fourth-order valence-corrected chi connectivity index (χ4v) is 2.53. The highest BCUT2D eigenvalue weighted by molar-refractivity contribution is 6.15. The zero-order valence-electron chi connectivity index (χ0n) is 12.1. The molecule has 1 heterocycles. The van der Waals surface area contributed by atoms with Crippen molar-refractivity contribution in [1.29, 1.82) is 0 Å². The lowest BCUT2D eigenvalue weighted by Crippen LogP contribution is -1.99. The van der Waals surface area contributed by atoms with Crippen LogP contribution in [0.25, 0.3) is 6.08 Å². The van der Waals surface area contributed by atoms with E-state index in [0.29, 0.717) is 16.9 Å². The Bertz CT molecular complexity index is 819. The number of allylic oxidation sites excluding steroid dienone is 1. The van der Waals surface area contributed by atoms with Crippen molar-refractivity contribution in [2.75, 3.05) is 0 Å². The molecule has 1 aliphatic rings. The van der Waals surface area contributed by atoms with Crippen LogP contribution in [0.5, 0.6) is 5.75 Å². The monoisotopic (exact) mass is 295 g/mol. The highest BCUT2D eigenvalue weighted by atomic mass is 16.6. The SMILES string of the molecule is Cc1cc(C)c2c(c1)O/C(=C\c1ccc([N+](=O)[O-])cc1)C2=O. The molecule has 0 radical (unpaired) electrons. The Kier molecular flexibility index (Phi) is 3.25. The van der Waals surface area contributed by atoms with Crippen molar-refractivity contribution >= 4 is 17.5 Å². The summed E-state index contributed by atoms with van der Waals surface area (Å²) >= 11 is 0. The molecule has 5 nitrogen and oxygen atoms in total. The highest BCUT2D eigenvalue weighted by Gasteiger charge is 2.29. The fourth-order valence-electron chi connectivity index (χ4n) is 2.53. The van der Waals surface area contributed by atoms with Gasteiger partial charge in [-0.1, -0.05) is 6.07 Å². The summed E-state index contributed by atoms with van der Waals surface area (Å²) in [4.78, 5) is 22.6. The zero-order valence-corrected chi connectivity index (χ0v) is 12.1. The number of carbonyl (C=O) groups excluding carboxylic acids is 1. The molecule has 110 valence electrons. The molecule has 2 aromatic rings. The number of hydrogen-bond acceptors (Lipinski definition) is 4. The van der Waals surface area contributed by atoms with E-state index in [-0.39, 0.29) is 17.2 Å². The summed E-state index contributed by atoms with van der Waals surface area (Å²) in [5.41, 5.74) is 3.18. The van der Waals surface area contributed by atoms with Gasteiger partial charge in [-0.2, -0.15) is 0 Å². The van der Waals surface area contributed by atoms with Gasteiger partial charge >= 0.3 is 0 Å². The Balaban J connectivity index is 1.96. The van der Waals surface area contributed by atoms with E-state index in [2.05, 4.69) is 0 Å². The smallest absolute Gasteiger partial charge is 0.269 e. The maximum Gasteiger partial charge on any atom is 0.269 e. The first kappa shape index (κ1) is 14.0. The van der Waals surface area contributed by atoms with Gasteiger partial charge < -0.3 is 4.74 Å². The molecular formula is C17H13NO4. The minimum Gasteiger partial charge on any atom is -0.452 e. The standard InChI is InChI=1S/C17H13NO4/c1-10-7-11(2)16-14(8-10)22-15(17(16)19)9-12-3-5-13(6-4-12)18(20)21/h3-9H,1-2H3/b15-9-. The summed E-state index contributed by atoms with van der Waals surface area (Å²) in [6, 6.07) is 9.74. The van der Waals surface area contributed by atoms with Crippen LogP contribution in [0.15, 0.2) is 42.2 Å². The van der Waals surface area contributed by atoms with Crippen LogP contribution < -0.4 is 4.74 Å². The molecule has 0 amide bonds. The molecule has 0 aliphatic carbocycles. The molecule has 0 fully saturated rings. The van der Waals surface area contributed by atoms with Gasteiger partial charge in [0.15, 0.2) is 5.76 Å². The van der Waals surface area contributed by atoms with Gasteiger partial charge in [-0.05, 0) is 54.8 Å². The second kappa shape index (κ2) is 5.11. The molecular weight excluding hydrogens is 282 g/mol. The quantitative estimate of drug-likeness (QED) is 0.479. The summed E-state index contributed by atoms with van der Waals surface area (Å²) in [6.45, 7) is 3.82. The summed E-state index contributed by atoms with van der Waals surface area (Å²) < 4.78 is 5.64. The van der Waals surface area contributed by atoms with Gasteiger partial charge in [0.05, 0.1) is 10.5 Å². The third-order valence-corrected chi connectivity index (χ3v) is 3.52. The van der Waals surface area contributed by atoms with E-state index in [1.807, 2.05) is 26.0 Å². The van der Waals surface area contributed by atoms with E-state index in [0.717, 1.165) is 11.1 Å². The first-order valence-corrected chi connectivity index (χ1v) is 6.75. The van der Waals surface area contributed by atoms with Gasteiger partial charge in [0.25, 0.3) is 5.69 Å². The first-order chi connectivity index (χ1) is 10.5. The topological polar surface area (TPSA) is 69.4 Å². The van der Waals surface area contributed by atoms with Crippen molar-refractivity contribution in [3.05, 3.63) is 74.5 Å². The van der Waals surface area contributed by atoms with Crippen LogP contribution in [0.2, 0.25) is 0 Å². The van der Waals surface area contributed by atoms with Crippen molar-refractivity contribution in [3.8, 4) is 5.75 Å². The number of nitro groups is 1. The highest BCUT2D eigenvalue weighted by Crippen LogP contribution is 2.35. The molecule has 1 aliphatic heterocycles. The lowest BCUT2D eigenvalue weighted by Gasteiger charge is -2.01. The van der Waals surface area contributed by atoms with E-state index in [1.165, 1.54) is 12.1 Å². The third kappa shape index (κ3) is 2.37. The van der Waals surface area contributed by atoms with Crippen molar-refractivity contribution < 1.29 is 14.5 Å². The number of rotatable bonds is 2. The minimum absolute atomic E-state index is 0.00979. The zero-order chi connectivity index (χ0) is 15.9. The van der Waals surface area contributed by atoms with Gasteiger partial charge in [0.2, 0.25) is 5.78 Å². The number of benzene rings is 2. The Labute approximate surface area is 127 Å². The molecule has 0 atom stereocenters. The predicted octanol–water partition coefficient (Wildman–Crippen LogP) is 3.83. The predicted molar refractivity (Wildman–Crippen MR) is 81.9 cm³/mol. The number of carbonyl (C=O) groups is 1. The van der Waals surface area contributed by atoms with Crippen LogP contribution >= 0.6 is 0 Å². The summed E-state index contributed by atoms with van der Waals surface area (Å²) in [7, 11) is 0. The number of ketones is 1. The van der Waals surface area contributed by atoms with Crippen LogP contribution in [0, 0.1) is 24.0 Å². The van der Waals surface area contributed by atoms with Gasteiger partial charge in [0.1, 0.15) is 5.75 Å². The molecule has 0 saturated heterocycles. The van der Waals surface area contributed by atoms with Crippen LogP contribution in [-0.4, -0.2) is 10.7 Å². The fraction of sp³-hybridized carbons (Fsp3) is 0.118. The van der Waals surface area contributed by atoms with E-state index in [1.54, 1.807) is 18.2 Å². The van der Waals surface area contributed by atoms with Crippen molar-refractivity contribution in [2.24, 2.45) is 0 Å².